The molecule has 1 aromatic rings. The van der Waals surface area contributed by atoms with Crippen molar-refractivity contribution in [1.29, 1.82) is 0 Å². The van der Waals surface area contributed by atoms with Crippen LogP contribution in [-0.4, -0.2) is 23.2 Å². The van der Waals surface area contributed by atoms with E-state index in [0.717, 1.165) is 50.8 Å². The Bertz CT molecular complexity index is 492. The summed E-state index contributed by atoms with van der Waals surface area (Å²) in [5, 5.41) is 10.6. The van der Waals surface area contributed by atoms with Gasteiger partial charge in [-0.2, -0.15) is 0 Å². The van der Waals surface area contributed by atoms with Crippen LogP contribution >= 0.6 is 0 Å². The van der Waals surface area contributed by atoms with Crippen LogP contribution in [0.5, 0.6) is 0 Å². The molecular formula is C17H23NO2. The lowest BCUT2D eigenvalue weighted by atomic mass is 9.82. The summed E-state index contributed by atoms with van der Waals surface area (Å²) in [7, 11) is 0. The SMILES string of the molecule is O=C(CC1(O)CCCCC1)N1CCCc2ccccc21. The van der Waals surface area contributed by atoms with Crippen LogP contribution in [0.1, 0.15) is 50.5 Å². The van der Waals surface area contributed by atoms with E-state index in [9.17, 15) is 9.90 Å². The van der Waals surface area contributed by atoms with Crippen LogP contribution in [0.3, 0.4) is 0 Å². The highest BCUT2D eigenvalue weighted by molar-refractivity contribution is 5.95. The lowest BCUT2D eigenvalue weighted by molar-refractivity contribution is -0.125. The van der Waals surface area contributed by atoms with Gasteiger partial charge in [0, 0.05) is 12.2 Å². The van der Waals surface area contributed by atoms with Gasteiger partial charge in [0.25, 0.3) is 0 Å². The summed E-state index contributed by atoms with van der Waals surface area (Å²) in [4.78, 5) is 14.5. The highest BCUT2D eigenvalue weighted by atomic mass is 16.3. The Hall–Kier alpha value is -1.35. The van der Waals surface area contributed by atoms with Crippen molar-refractivity contribution in [3.63, 3.8) is 0 Å². The molecule has 0 spiro atoms. The monoisotopic (exact) mass is 273 g/mol. The third kappa shape index (κ3) is 2.73. The second-order valence-corrected chi connectivity index (χ2v) is 6.24. The molecule has 1 aliphatic heterocycles. The van der Waals surface area contributed by atoms with E-state index >= 15 is 0 Å². The van der Waals surface area contributed by atoms with Crippen molar-refractivity contribution in [3.8, 4) is 0 Å². The number of anilines is 1. The van der Waals surface area contributed by atoms with Gasteiger partial charge in [0.15, 0.2) is 0 Å². The molecule has 2 aliphatic rings. The first-order chi connectivity index (χ1) is 9.68. The van der Waals surface area contributed by atoms with Crippen molar-refractivity contribution >= 4 is 11.6 Å². The average molecular weight is 273 g/mol. The third-order valence-corrected chi connectivity index (χ3v) is 4.68. The maximum atomic E-state index is 12.6. The van der Waals surface area contributed by atoms with Crippen LogP contribution in [0.4, 0.5) is 5.69 Å². The zero-order valence-electron chi connectivity index (χ0n) is 12.0. The van der Waals surface area contributed by atoms with E-state index in [2.05, 4.69) is 6.07 Å². The minimum atomic E-state index is -0.762. The average Bonchev–Trinajstić information content (AvgIpc) is 2.47. The molecule has 0 bridgehead atoms. The molecule has 1 aromatic carbocycles. The number of amides is 1. The third-order valence-electron chi connectivity index (χ3n) is 4.68. The molecule has 1 heterocycles. The molecule has 20 heavy (non-hydrogen) atoms. The number of carbonyl (C=O) groups is 1. The molecule has 3 heteroatoms. The van der Waals surface area contributed by atoms with Crippen LogP contribution in [0.2, 0.25) is 0 Å². The van der Waals surface area contributed by atoms with Crippen molar-refractivity contribution in [2.24, 2.45) is 0 Å². The van der Waals surface area contributed by atoms with Gasteiger partial charge < -0.3 is 10.0 Å². The topological polar surface area (TPSA) is 40.5 Å². The second kappa shape index (κ2) is 5.57. The number of para-hydroxylation sites is 1. The number of benzene rings is 1. The molecule has 108 valence electrons. The van der Waals surface area contributed by atoms with Gasteiger partial charge in [-0.15, -0.1) is 0 Å². The zero-order valence-corrected chi connectivity index (χ0v) is 12.0. The fourth-order valence-corrected chi connectivity index (χ4v) is 3.56. The van der Waals surface area contributed by atoms with Crippen LogP contribution < -0.4 is 4.90 Å². The molecule has 1 saturated carbocycles. The van der Waals surface area contributed by atoms with Crippen molar-refractivity contribution in [1.82, 2.24) is 0 Å². The number of aliphatic hydroxyl groups is 1. The number of hydrogen-bond donors (Lipinski definition) is 1. The molecule has 3 nitrogen and oxygen atoms in total. The molecular weight excluding hydrogens is 250 g/mol. The maximum absolute atomic E-state index is 12.6. The van der Waals surface area contributed by atoms with Crippen molar-refractivity contribution in [3.05, 3.63) is 29.8 Å². The van der Waals surface area contributed by atoms with Gasteiger partial charge in [-0.25, -0.2) is 0 Å². The van der Waals surface area contributed by atoms with Crippen LogP contribution in [-0.2, 0) is 11.2 Å². The lowest BCUT2D eigenvalue weighted by Crippen LogP contribution is -2.42. The molecule has 1 amide bonds. The Morgan fingerprint density at radius 2 is 1.90 bits per heavy atom. The zero-order chi connectivity index (χ0) is 14.0. The van der Waals surface area contributed by atoms with E-state index in [-0.39, 0.29) is 12.3 Å². The minimum Gasteiger partial charge on any atom is -0.389 e. The summed E-state index contributed by atoms with van der Waals surface area (Å²) >= 11 is 0. The Balaban J connectivity index is 1.75. The van der Waals surface area contributed by atoms with Gasteiger partial charge in [0.1, 0.15) is 0 Å². The lowest BCUT2D eigenvalue weighted by Gasteiger charge is -2.35. The van der Waals surface area contributed by atoms with Gasteiger partial charge >= 0.3 is 0 Å². The van der Waals surface area contributed by atoms with E-state index in [1.54, 1.807) is 0 Å². The van der Waals surface area contributed by atoms with Crippen LogP contribution in [0.25, 0.3) is 0 Å². The molecule has 0 radical (unpaired) electrons. The number of hydrogen-bond acceptors (Lipinski definition) is 2. The summed E-state index contributed by atoms with van der Waals surface area (Å²) in [5.74, 6) is 0.0848. The Kier molecular flexibility index (Phi) is 3.79. The van der Waals surface area contributed by atoms with Crippen molar-refractivity contribution in [2.45, 2.75) is 57.0 Å². The normalized spacial score (nSPS) is 21.4. The van der Waals surface area contributed by atoms with E-state index in [0.29, 0.717) is 0 Å². The van der Waals surface area contributed by atoms with Crippen molar-refractivity contribution in [2.75, 3.05) is 11.4 Å². The van der Waals surface area contributed by atoms with E-state index in [1.165, 1.54) is 12.0 Å². The van der Waals surface area contributed by atoms with Crippen LogP contribution in [0.15, 0.2) is 24.3 Å². The van der Waals surface area contributed by atoms with Gasteiger partial charge in [-0.3, -0.25) is 4.79 Å². The molecule has 0 atom stereocenters. The molecule has 0 aromatic heterocycles. The Morgan fingerprint density at radius 3 is 2.70 bits per heavy atom. The fraction of sp³-hybridized carbons (Fsp3) is 0.588. The molecule has 1 N–H and O–H groups in total. The highest BCUT2D eigenvalue weighted by Gasteiger charge is 2.34. The van der Waals surface area contributed by atoms with Gasteiger partial charge in [0.05, 0.1) is 12.0 Å². The van der Waals surface area contributed by atoms with Crippen LogP contribution in [0, 0.1) is 0 Å². The first kappa shape index (κ1) is 13.6. The summed E-state index contributed by atoms with van der Waals surface area (Å²) in [6.45, 7) is 0.784. The first-order valence-electron chi connectivity index (χ1n) is 7.79. The Morgan fingerprint density at radius 1 is 1.15 bits per heavy atom. The van der Waals surface area contributed by atoms with Gasteiger partial charge in [-0.1, -0.05) is 37.5 Å². The maximum Gasteiger partial charge on any atom is 0.229 e. The second-order valence-electron chi connectivity index (χ2n) is 6.24. The smallest absolute Gasteiger partial charge is 0.229 e. The predicted octanol–water partition coefficient (Wildman–Crippen LogP) is 3.05. The summed E-state index contributed by atoms with van der Waals surface area (Å²) in [6, 6.07) is 8.14. The van der Waals surface area contributed by atoms with Gasteiger partial charge in [0.2, 0.25) is 5.91 Å². The molecule has 0 unspecified atom stereocenters. The van der Waals surface area contributed by atoms with E-state index < -0.39 is 5.60 Å². The summed E-state index contributed by atoms with van der Waals surface area (Å²) in [5.41, 5.74) is 1.53. The number of fused-ring (bicyclic) bond motifs is 1. The van der Waals surface area contributed by atoms with E-state index in [1.807, 2.05) is 23.1 Å². The number of aryl methyl sites for hydroxylation is 1. The fourth-order valence-electron chi connectivity index (χ4n) is 3.56. The molecule has 0 saturated heterocycles. The summed E-state index contributed by atoms with van der Waals surface area (Å²) in [6.07, 6.45) is 7.15. The number of rotatable bonds is 2. The number of nitrogens with zero attached hydrogens (tertiary/aromatic N) is 1. The van der Waals surface area contributed by atoms with Gasteiger partial charge in [-0.05, 0) is 37.3 Å². The number of carbonyl (C=O) groups excluding carboxylic acids is 1. The van der Waals surface area contributed by atoms with E-state index in [4.69, 9.17) is 0 Å². The predicted molar refractivity (Wildman–Crippen MR) is 79.8 cm³/mol. The molecule has 3 rings (SSSR count). The molecule has 1 fully saturated rings. The van der Waals surface area contributed by atoms with Crippen molar-refractivity contribution < 1.29 is 9.90 Å². The Labute approximate surface area is 120 Å². The minimum absolute atomic E-state index is 0.0848. The quantitative estimate of drug-likeness (QED) is 0.899. The standard InChI is InChI=1S/C17H23NO2/c19-16(13-17(20)10-4-1-5-11-17)18-12-6-8-14-7-2-3-9-15(14)18/h2-3,7,9,20H,1,4-6,8,10-13H2. The largest absolute Gasteiger partial charge is 0.389 e. The first-order valence-corrected chi connectivity index (χ1v) is 7.79. The summed E-state index contributed by atoms with van der Waals surface area (Å²) < 4.78 is 0. The highest BCUT2D eigenvalue weighted by Crippen LogP contribution is 2.33. The molecule has 1 aliphatic carbocycles.